The fourth-order valence-corrected chi connectivity index (χ4v) is 2.69. The number of hydrogen-bond acceptors (Lipinski definition) is 5. The number of phosphoric ester groups is 1. The summed E-state index contributed by atoms with van der Waals surface area (Å²) in [6.45, 7) is -0.452. The molecule has 134 valence electrons. The molecule has 0 amide bonds. The number of ether oxygens (including phenoxy) is 1. The molecular formula is C17H19O7P. The van der Waals surface area contributed by atoms with Crippen LogP contribution in [-0.4, -0.2) is 27.1 Å². The van der Waals surface area contributed by atoms with Crippen LogP contribution >= 0.6 is 7.82 Å². The van der Waals surface area contributed by atoms with E-state index in [2.05, 4.69) is 4.52 Å². The molecule has 0 spiro atoms. The molecule has 0 bridgehead atoms. The number of aliphatic hydroxyl groups is 2. The molecule has 0 aliphatic carbocycles. The predicted octanol–water partition coefficient (Wildman–Crippen LogP) is 2.32. The Morgan fingerprint density at radius 1 is 1.00 bits per heavy atom. The van der Waals surface area contributed by atoms with E-state index in [0.29, 0.717) is 16.9 Å². The van der Waals surface area contributed by atoms with Crippen molar-refractivity contribution in [2.24, 2.45) is 0 Å². The molecule has 0 fully saturated rings. The summed E-state index contributed by atoms with van der Waals surface area (Å²) in [4.78, 5) is 17.5. The molecule has 0 aromatic heterocycles. The van der Waals surface area contributed by atoms with E-state index in [0.717, 1.165) is 11.1 Å². The molecule has 0 atom stereocenters. The van der Waals surface area contributed by atoms with E-state index in [9.17, 15) is 14.8 Å². The number of aliphatic hydroxyl groups excluding tert-OH is 2. The van der Waals surface area contributed by atoms with Gasteiger partial charge in [-0.1, -0.05) is 24.3 Å². The fourth-order valence-electron chi connectivity index (χ4n) is 2.30. The normalized spacial score (nSPS) is 11.7. The Bertz CT molecular complexity index is 768. The number of hydrogen-bond donors (Lipinski definition) is 4. The van der Waals surface area contributed by atoms with Crippen LogP contribution in [0.1, 0.15) is 22.3 Å². The van der Waals surface area contributed by atoms with Crippen LogP contribution in [0.15, 0.2) is 36.4 Å². The van der Waals surface area contributed by atoms with Gasteiger partial charge in [-0.15, -0.1) is 0 Å². The van der Waals surface area contributed by atoms with Crippen LogP contribution in [0.2, 0.25) is 0 Å². The molecule has 0 aliphatic heterocycles. The molecule has 2 rings (SSSR count). The minimum absolute atomic E-state index is 0.0713. The molecule has 0 heterocycles. The van der Waals surface area contributed by atoms with Crippen LogP contribution in [0, 0.1) is 0 Å². The van der Waals surface area contributed by atoms with Crippen LogP contribution in [0.25, 0.3) is 12.2 Å². The summed E-state index contributed by atoms with van der Waals surface area (Å²) in [6, 6.07) is 9.69. The Hall–Kier alpha value is -2.15. The maximum atomic E-state index is 10.8. The maximum Gasteiger partial charge on any atom is 0.524 e. The van der Waals surface area contributed by atoms with Gasteiger partial charge >= 0.3 is 7.82 Å². The molecule has 0 unspecified atom stereocenters. The van der Waals surface area contributed by atoms with E-state index in [1.54, 1.807) is 36.4 Å². The van der Waals surface area contributed by atoms with Gasteiger partial charge in [-0.25, -0.2) is 4.57 Å². The first-order valence-electron chi connectivity index (χ1n) is 7.31. The predicted molar refractivity (Wildman–Crippen MR) is 92.9 cm³/mol. The smallest absolute Gasteiger partial charge is 0.496 e. The van der Waals surface area contributed by atoms with Gasteiger partial charge in [-0.2, -0.15) is 0 Å². The highest BCUT2D eigenvalue weighted by atomic mass is 31.2. The number of rotatable bonds is 7. The highest BCUT2D eigenvalue weighted by molar-refractivity contribution is 7.46. The summed E-state index contributed by atoms with van der Waals surface area (Å²) in [5.41, 5.74) is 2.68. The zero-order valence-corrected chi connectivity index (χ0v) is 14.4. The molecule has 7 nitrogen and oxygen atoms in total. The monoisotopic (exact) mass is 366 g/mol. The quantitative estimate of drug-likeness (QED) is 0.439. The van der Waals surface area contributed by atoms with Gasteiger partial charge in [0.05, 0.1) is 20.3 Å². The van der Waals surface area contributed by atoms with Gasteiger partial charge in [-0.3, -0.25) is 9.79 Å². The van der Waals surface area contributed by atoms with Gasteiger partial charge in [0.15, 0.2) is 0 Å². The highest BCUT2D eigenvalue weighted by Gasteiger charge is 2.15. The van der Waals surface area contributed by atoms with Gasteiger partial charge in [0.2, 0.25) is 0 Å². The van der Waals surface area contributed by atoms with Crippen molar-refractivity contribution in [3.8, 4) is 11.5 Å². The van der Waals surface area contributed by atoms with Gasteiger partial charge in [0.1, 0.15) is 11.5 Å². The highest BCUT2D eigenvalue weighted by Crippen LogP contribution is 2.37. The van der Waals surface area contributed by atoms with Crippen LogP contribution in [0.5, 0.6) is 11.5 Å². The molecule has 8 heteroatoms. The van der Waals surface area contributed by atoms with Gasteiger partial charge in [0.25, 0.3) is 0 Å². The fraction of sp³-hybridized carbons (Fsp3) is 0.176. The Labute approximate surface area is 145 Å². The molecule has 25 heavy (non-hydrogen) atoms. The SMILES string of the molecule is COc1cc(/C=C\c2ccc(OP(=O)(O)O)cc2)cc(CO)c1CO. The lowest BCUT2D eigenvalue weighted by Gasteiger charge is -2.12. The summed E-state index contributed by atoms with van der Waals surface area (Å²) >= 11 is 0. The van der Waals surface area contributed by atoms with E-state index < -0.39 is 7.82 Å². The van der Waals surface area contributed by atoms with Crippen molar-refractivity contribution in [2.75, 3.05) is 7.11 Å². The topological polar surface area (TPSA) is 116 Å². The lowest BCUT2D eigenvalue weighted by atomic mass is 10.0. The Morgan fingerprint density at radius 3 is 2.16 bits per heavy atom. The average molecular weight is 366 g/mol. The Balaban J connectivity index is 2.22. The minimum atomic E-state index is -4.57. The largest absolute Gasteiger partial charge is 0.524 e. The second kappa shape index (κ2) is 8.29. The lowest BCUT2D eigenvalue weighted by Crippen LogP contribution is -1.99. The minimum Gasteiger partial charge on any atom is -0.496 e. The first-order valence-corrected chi connectivity index (χ1v) is 8.84. The zero-order valence-electron chi connectivity index (χ0n) is 13.5. The van der Waals surface area contributed by atoms with E-state index in [1.807, 2.05) is 0 Å². The molecule has 2 aromatic rings. The van der Waals surface area contributed by atoms with Crippen molar-refractivity contribution in [1.29, 1.82) is 0 Å². The molecular weight excluding hydrogens is 347 g/mol. The van der Waals surface area contributed by atoms with Gasteiger partial charge in [0, 0.05) is 5.56 Å². The summed E-state index contributed by atoms with van der Waals surface area (Å²) in [5, 5.41) is 18.8. The first kappa shape index (κ1) is 19.2. The molecule has 0 saturated heterocycles. The molecule has 2 aromatic carbocycles. The number of methoxy groups -OCH3 is 1. The summed E-state index contributed by atoms with van der Waals surface area (Å²) in [5.74, 6) is 0.557. The van der Waals surface area contributed by atoms with E-state index in [1.165, 1.54) is 19.2 Å². The molecule has 0 saturated carbocycles. The van der Waals surface area contributed by atoms with Crippen molar-refractivity contribution in [1.82, 2.24) is 0 Å². The number of phosphoric acid groups is 1. The number of benzene rings is 2. The average Bonchev–Trinajstić information content (AvgIpc) is 2.58. The third-order valence-electron chi connectivity index (χ3n) is 3.44. The Morgan fingerprint density at radius 2 is 1.64 bits per heavy atom. The van der Waals surface area contributed by atoms with Gasteiger partial charge < -0.3 is 19.5 Å². The van der Waals surface area contributed by atoms with Crippen molar-refractivity contribution in [3.63, 3.8) is 0 Å². The summed E-state index contributed by atoms with van der Waals surface area (Å²) in [6.07, 6.45) is 3.58. The zero-order chi connectivity index (χ0) is 18.4. The first-order chi connectivity index (χ1) is 11.9. The van der Waals surface area contributed by atoms with Crippen LogP contribution < -0.4 is 9.26 Å². The summed E-state index contributed by atoms with van der Waals surface area (Å²) < 4.78 is 20.5. The molecule has 4 N–H and O–H groups in total. The Kier molecular flexibility index (Phi) is 6.36. The van der Waals surface area contributed by atoms with E-state index >= 15 is 0 Å². The standard InChI is InChI=1S/C17H19O7P/c1-23-17-9-13(8-14(10-18)16(17)11-19)3-2-12-4-6-15(7-5-12)24-25(20,21)22/h2-9,18-19H,10-11H2,1H3,(H2,20,21,22)/b3-2-. The third kappa shape index (κ3) is 5.42. The van der Waals surface area contributed by atoms with E-state index in [4.69, 9.17) is 14.5 Å². The molecule has 0 aliphatic rings. The summed E-state index contributed by atoms with van der Waals surface area (Å²) in [7, 11) is -3.08. The second-order valence-corrected chi connectivity index (χ2v) is 6.33. The maximum absolute atomic E-state index is 10.8. The third-order valence-corrected chi connectivity index (χ3v) is 3.89. The van der Waals surface area contributed by atoms with E-state index in [-0.39, 0.29) is 19.0 Å². The lowest BCUT2D eigenvalue weighted by molar-refractivity contribution is 0.254. The van der Waals surface area contributed by atoms with Crippen molar-refractivity contribution >= 4 is 20.0 Å². The van der Waals surface area contributed by atoms with Crippen LogP contribution in [-0.2, 0) is 17.8 Å². The van der Waals surface area contributed by atoms with Crippen molar-refractivity contribution < 1.29 is 33.8 Å². The van der Waals surface area contributed by atoms with Crippen molar-refractivity contribution in [2.45, 2.75) is 13.2 Å². The second-order valence-electron chi connectivity index (χ2n) is 5.16. The van der Waals surface area contributed by atoms with Crippen LogP contribution in [0.3, 0.4) is 0 Å². The van der Waals surface area contributed by atoms with Crippen molar-refractivity contribution in [3.05, 3.63) is 58.7 Å². The van der Waals surface area contributed by atoms with Crippen LogP contribution in [0.4, 0.5) is 0 Å². The molecule has 0 radical (unpaired) electrons. The van der Waals surface area contributed by atoms with Gasteiger partial charge in [-0.05, 0) is 41.0 Å².